The van der Waals surface area contributed by atoms with Crippen LogP contribution in [0.25, 0.3) is 0 Å². The van der Waals surface area contributed by atoms with Crippen molar-refractivity contribution in [2.75, 3.05) is 26.2 Å². The molecular formula is C25H40N2O6. The Morgan fingerprint density at radius 2 is 1.94 bits per heavy atom. The second kappa shape index (κ2) is 10.6. The van der Waals surface area contributed by atoms with E-state index in [-0.39, 0.29) is 18.4 Å². The van der Waals surface area contributed by atoms with Crippen LogP contribution in [-0.4, -0.2) is 81.3 Å². The number of nitrogens with zero attached hydrogens (tertiary/aromatic N) is 2. The van der Waals surface area contributed by atoms with E-state index < -0.39 is 35.0 Å². The van der Waals surface area contributed by atoms with Crippen molar-refractivity contribution in [2.24, 2.45) is 11.8 Å². The molecule has 186 valence electrons. The maximum Gasteiger partial charge on any atom is 0.310 e. The van der Waals surface area contributed by atoms with E-state index in [0.717, 1.165) is 25.7 Å². The summed E-state index contributed by atoms with van der Waals surface area (Å²) >= 11 is 0. The number of unbranched alkanes of at least 4 members (excludes halogenated alkanes) is 4. The molecule has 0 aromatic heterocycles. The molecule has 1 spiro atoms. The molecule has 3 heterocycles. The minimum Gasteiger partial charge on any atom is -0.481 e. The number of aliphatic hydroxyl groups excluding tert-OH is 1. The van der Waals surface area contributed by atoms with Crippen LogP contribution in [0.3, 0.4) is 0 Å². The Kier molecular flexibility index (Phi) is 8.22. The van der Waals surface area contributed by atoms with Gasteiger partial charge in [-0.05, 0) is 38.5 Å². The first-order chi connectivity index (χ1) is 15.8. The van der Waals surface area contributed by atoms with Gasteiger partial charge in [0, 0.05) is 26.2 Å². The molecule has 3 saturated heterocycles. The van der Waals surface area contributed by atoms with Crippen LogP contribution >= 0.6 is 0 Å². The van der Waals surface area contributed by atoms with Gasteiger partial charge in [-0.25, -0.2) is 0 Å². The summed E-state index contributed by atoms with van der Waals surface area (Å²) in [6, 6.07) is -0.803. The number of carbonyl (C=O) groups is 3. The van der Waals surface area contributed by atoms with Crippen LogP contribution in [-0.2, 0) is 19.1 Å². The van der Waals surface area contributed by atoms with Gasteiger partial charge in [-0.3, -0.25) is 14.4 Å². The molecular weight excluding hydrogens is 424 g/mol. The fraction of sp³-hybridized carbons (Fsp3) is 0.800. The molecule has 2 unspecified atom stereocenters. The molecule has 5 atom stereocenters. The number of amides is 2. The zero-order valence-corrected chi connectivity index (χ0v) is 20.1. The first kappa shape index (κ1) is 25.7. The molecule has 3 aliphatic heterocycles. The number of ether oxygens (including phenoxy) is 1. The summed E-state index contributed by atoms with van der Waals surface area (Å²) in [5.41, 5.74) is -1.96. The Morgan fingerprint density at radius 3 is 2.55 bits per heavy atom. The second-order valence-corrected chi connectivity index (χ2v) is 9.77. The Labute approximate surface area is 196 Å². The number of likely N-dealkylation sites (tertiary alicyclic amines) is 1. The third-order valence-electron chi connectivity index (χ3n) is 7.93. The van der Waals surface area contributed by atoms with Crippen molar-refractivity contribution in [2.45, 2.75) is 88.9 Å². The van der Waals surface area contributed by atoms with E-state index in [2.05, 4.69) is 13.5 Å². The molecule has 0 aliphatic carbocycles. The quantitative estimate of drug-likeness (QED) is 0.302. The molecule has 3 aliphatic rings. The highest BCUT2D eigenvalue weighted by Crippen LogP contribution is 2.64. The van der Waals surface area contributed by atoms with Crippen LogP contribution in [0.2, 0.25) is 0 Å². The van der Waals surface area contributed by atoms with E-state index in [0.29, 0.717) is 51.7 Å². The summed E-state index contributed by atoms with van der Waals surface area (Å²) in [5, 5.41) is 19.1. The summed E-state index contributed by atoms with van der Waals surface area (Å²) in [6.07, 6.45) is 8.13. The summed E-state index contributed by atoms with van der Waals surface area (Å²) in [6.45, 7) is 9.24. The molecule has 8 heteroatoms. The van der Waals surface area contributed by atoms with Gasteiger partial charge in [0.15, 0.2) is 0 Å². The Hall–Kier alpha value is -1.93. The lowest BCUT2D eigenvalue weighted by Crippen LogP contribution is -2.56. The fourth-order valence-corrected chi connectivity index (χ4v) is 6.33. The molecule has 0 aromatic rings. The number of aliphatic hydroxyl groups is 1. The van der Waals surface area contributed by atoms with Gasteiger partial charge in [-0.1, -0.05) is 39.2 Å². The van der Waals surface area contributed by atoms with Crippen LogP contribution in [0.4, 0.5) is 0 Å². The Balaban J connectivity index is 1.96. The Morgan fingerprint density at radius 1 is 1.21 bits per heavy atom. The topological polar surface area (TPSA) is 107 Å². The lowest BCUT2D eigenvalue weighted by molar-refractivity contribution is -0.157. The van der Waals surface area contributed by atoms with Gasteiger partial charge in [0.1, 0.15) is 17.6 Å². The van der Waals surface area contributed by atoms with Crippen LogP contribution < -0.4 is 0 Å². The smallest absolute Gasteiger partial charge is 0.310 e. The van der Waals surface area contributed by atoms with E-state index >= 15 is 0 Å². The van der Waals surface area contributed by atoms with Gasteiger partial charge < -0.3 is 24.7 Å². The highest BCUT2D eigenvalue weighted by atomic mass is 16.5. The lowest BCUT2D eigenvalue weighted by Gasteiger charge is -2.37. The lowest BCUT2D eigenvalue weighted by atomic mass is 9.65. The number of hydrogen-bond acceptors (Lipinski definition) is 5. The van der Waals surface area contributed by atoms with Gasteiger partial charge in [0.2, 0.25) is 11.8 Å². The molecule has 8 nitrogen and oxygen atoms in total. The van der Waals surface area contributed by atoms with Gasteiger partial charge in [0.05, 0.1) is 11.5 Å². The fourth-order valence-electron chi connectivity index (χ4n) is 6.33. The number of carboxylic acid groups (broad SMARTS) is 1. The molecule has 2 bridgehead atoms. The number of aliphatic carboxylic acids is 1. The van der Waals surface area contributed by atoms with Crippen molar-refractivity contribution in [1.29, 1.82) is 0 Å². The summed E-state index contributed by atoms with van der Waals surface area (Å²) in [5.74, 6) is -3.19. The van der Waals surface area contributed by atoms with E-state index in [4.69, 9.17) is 9.84 Å². The molecule has 33 heavy (non-hydrogen) atoms. The molecule has 3 rings (SSSR count). The number of carbonyl (C=O) groups excluding carboxylic acids is 2. The SMILES string of the molecule is C=CCN(CCCC)C(=O)C1N(CCCCCCO)C(=O)[C@@H]2[C@H](C(=O)O)[C@]3(CC)CCC12O3. The van der Waals surface area contributed by atoms with E-state index in [9.17, 15) is 19.5 Å². The first-order valence-electron chi connectivity index (χ1n) is 12.6. The third-order valence-corrected chi connectivity index (χ3v) is 7.93. The number of carboxylic acids is 1. The minimum absolute atomic E-state index is 0.135. The van der Waals surface area contributed by atoms with E-state index in [1.54, 1.807) is 15.9 Å². The van der Waals surface area contributed by atoms with Gasteiger partial charge in [-0.15, -0.1) is 6.58 Å². The maximum absolute atomic E-state index is 14.0. The summed E-state index contributed by atoms with van der Waals surface area (Å²) in [7, 11) is 0. The van der Waals surface area contributed by atoms with Crippen molar-refractivity contribution >= 4 is 17.8 Å². The molecule has 0 radical (unpaired) electrons. The van der Waals surface area contributed by atoms with Crippen LogP contribution in [0.1, 0.15) is 71.6 Å². The third kappa shape index (κ3) is 4.32. The normalized spacial score (nSPS) is 32.3. The molecule has 2 N–H and O–H groups in total. The zero-order valence-electron chi connectivity index (χ0n) is 20.1. The highest BCUT2D eigenvalue weighted by molar-refractivity contribution is 5.98. The number of rotatable bonds is 14. The Bertz CT molecular complexity index is 757. The van der Waals surface area contributed by atoms with Crippen molar-refractivity contribution in [3.05, 3.63) is 12.7 Å². The average molecular weight is 465 g/mol. The molecule has 2 amide bonds. The first-order valence-corrected chi connectivity index (χ1v) is 12.6. The minimum atomic E-state index is -1.08. The van der Waals surface area contributed by atoms with Gasteiger partial charge in [0.25, 0.3) is 0 Å². The zero-order chi connectivity index (χ0) is 24.2. The van der Waals surface area contributed by atoms with Crippen LogP contribution in [0.15, 0.2) is 12.7 Å². The monoisotopic (exact) mass is 464 g/mol. The van der Waals surface area contributed by atoms with Crippen molar-refractivity contribution in [1.82, 2.24) is 9.80 Å². The van der Waals surface area contributed by atoms with Crippen LogP contribution in [0.5, 0.6) is 0 Å². The predicted molar refractivity (Wildman–Crippen MR) is 123 cm³/mol. The summed E-state index contributed by atoms with van der Waals surface area (Å²) < 4.78 is 6.56. The van der Waals surface area contributed by atoms with Gasteiger partial charge >= 0.3 is 5.97 Å². The standard InChI is InChI=1S/C25H40N2O6/c1-4-7-15-26(14-5-2)22(30)20-25-13-12-24(6-3,33-25)19(23(31)32)18(25)21(29)27(20)16-10-8-9-11-17-28/h5,18-20,28H,2,4,6-17H2,1,3H3,(H,31,32)/t18-,19+,20?,24-,25?/m0/s1. The van der Waals surface area contributed by atoms with Crippen molar-refractivity contribution in [3.63, 3.8) is 0 Å². The second-order valence-electron chi connectivity index (χ2n) is 9.77. The molecule has 0 aromatic carbocycles. The average Bonchev–Trinajstić information content (AvgIpc) is 3.40. The molecule has 3 fully saturated rings. The van der Waals surface area contributed by atoms with Crippen molar-refractivity contribution in [3.8, 4) is 0 Å². The largest absolute Gasteiger partial charge is 0.481 e. The number of hydrogen-bond donors (Lipinski definition) is 2. The van der Waals surface area contributed by atoms with E-state index in [1.165, 1.54) is 0 Å². The highest BCUT2D eigenvalue weighted by Gasteiger charge is 2.78. The van der Waals surface area contributed by atoms with Crippen LogP contribution in [0, 0.1) is 11.8 Å². The summed E-state index contributed by atoms with van der Waals surface area (Å²) in [4.78, 5) is 43.4. The number of fused-ring (bicyclic) bond motifs is 1. The molecule has 0 saturated carbocycles. The van der Waals surface area contributed by atoms with E-state index in [1.807, 2.05) is 6.92 Å². The van der Waals surface area contributed by atoms with Gasteiger partial charge in [-0.2, -0.15) is 0 Å². The van der Waals surface area contributed by atoms with Crippen molar-refractivity contribution < 1.29 is 29.3 Å². The predicted octanol–water partition coefficient (Wildman–Crippen LogP) is 2.59. The maximum atomic E-state index is 14.0.